The van der Waals surface area contributed by atoms with Gasteiger partial charge in [-0.1, -0.05) is 24.3 Å². The number of sulfonamides is 1. The van der Waals surface area contributed by atoms with Gasteiger partial charge in [0.2, 0.25) is 16.1 Å². The third kappa shape index (κ3) is 4.36. The quantitative estimate of drug-likeness (QED) is 0.783. The van der Waals surface area contributed by atoms with Crippen LogP contribution < -0.4 is 14.8 Å². The third-order valence-corrected chi connectivity index (χ3v) is 6.71. The van der Waals surface area contributed by atoms with Crippen LogP contribution in [0, 0.1) is 0 Å². The topological polar surface area (TPSA) is 94.2 Å². The molecule has 1 amide bonds. The Bertz CT molecular complexity index is 971. The molecule has 1 saturated heterocycles. The van der Waals surface area contributed by atoms with Crippen LogP contribution in [-0.2, 0) is 26.1 Å². The first-order valence-electron chi connectivity index (χ1n) is 9.37. The van der Waals surface area contributed by atoms with Crippen LogP contribution in [0.25, 0.3) is 0 Å². The molecule has 154 valence electrons. The number of amides is 1. The van der Waals surface area contributed by atoms with Gasteiger partial charge in [0.05, 0.1) is 18.1 Å². The van der Waals surface area contributed by atoms with Crippen LogP contribution in [0.5, 0.6) is 11.5 Å². The molecule has 0 saturated carbocycles. The normalized spacial score (nSPS) is 19.5. The molecule has 1 atom stereocenters. The zero-order valence-electron chi connectivity index (χ0n) is 15.7. The molecule has 8 nitrogen and oxygen atoms in total. The summed E-state index contributed by atoms with van der Waals surface area (Å²) in [6.07, 6.45) is -0.731. The van der Waals surface area contributed by atoms with Gasteiger partial charge in [0.1, 0.15) is 6.61 Å². The molecule has 2 aromatic carbocycles. The number of benzene rings is 2. The first-order chi connectivity index (χ1) is 14.0. The van der Waals surface area contributed by atoms with E-state index in [9.17, 15) is 13.2 Å². The van der Waals surface area contributed by atoms with E-state index in [1.165, 1.54) is 4.31 Å². The van der Waals surface area contributed by atoms with E-state index in [0.717, 1.165) is 5.56 Å². The maximum absolute atomic E-state index is 12.6. The van der Waals surface area contributed by atoms with E-state index < -0.39 is 16.1 Å². The number of nitrogens with zero attached hydrogens (tertiary/aromatic N) is 1. The Kier molecular flexibility index (Phi) is 5.70. The number of rotatable bonds is 5. The van der Waals surface area contributed by atoms with Gasteiger partial charge in [0.15, 0.2) is 11.5 Å². The zero-order valence-corrected chi connectivity index (χ0v) is 16.6. The van der Waals surface area contributed by atoms with Gasteiger partial charge < -0.3 is 19.5 Å². The number of nitrogens with one attached hydrogen (secondary N) is 1. The van der Waals surface area contributed by atoms with Gasteiger partial charge >= 0.3 is 0 Å². The first-order valence-corrected chi connectivity index (χ1v) is 10.8. The monoisotopic (exact) mass is 418 g/mol. The summed E-state index contributed by atoms with van der Waals surface area (Å²) in [5, 5.41) is 2.80. The molecule has 2 aliphatic rings. The molecule has 1 unspecified atom stereocenters. The molecule has 2 heterocycles. The van der Waals surface area contributed by atoms with E-state index in [0.29, 0.717) is 37.8 Å². The van der Waals surface area contributed by atoms with Crippen LogP contribution in [0.2, 0.25) is 0 Å². The van der Waals surface area contributed by atoms with Crippen LogP contribution in [0.1, 0.15) is 5.56 Å². The van der Waals surface area contributed by atoms with Crippen LogP contribution in [0.15, 0.2) is 53.4 Å². The molecule has 1 N–H and O–H groups in total. The minimum atomic E-state index is -3.53. The fourth-order valence-electron chi connectivity index (χ4n) is 3.17. The average Bonchev–Trinajstić information content (AvgIpc) is 2.78. The Balaban J connectivity index is 1.34. The second-order valence-electron chi connectivity index (χ2n) is 6.74. The van der Waals surface area contributed by atoms with Crippen molar-refractivity contribution in [1.82, 2.24) is 9.62 Å². The van der Waals surface area contributed by atoms with Crippen molar-refractivity contribution in [1.29, 1.82) is 0 Å². The number of carbonyl (C=O) groups is 1. The van der Waals surface area contributed by atoms with E-state index in [1.54, 1.807) is 36.4 Å². The second-order valence-corrected chi connectivity index (χ2v) is 8.68. The summed E-state index contributed by atoms with van der Waals surface area (Å²) in [6.45, 7) is 1.92. The lowest BCUT2D eigenvalue weighted by atomic mass is 10.2. The van der Waals surface area contributed by atoms with Crippen molar-refractivity contribution in [2.75, 3.05) is 32.9 Å². The Morgan fingerprint density at radius 1 is 1.03 bits per heavy atom. The highest BCUT2D eigenvalue weighted by Crippen LogP contribution is 2.30. The molecule has 2 aromatic rings. The van der Waals surface area contributed by atoms with Gasteiger partial charge in [-0.2, -0.15) is 4.31 Å². The summed E-state index contributed by atoms with van der Waals surface area (Å²) in [6, 6.07) is 13.7. The predicted molar refractivity (Wildman–Crippen MR) is 104 cm³/mol. The van der Waals surface area contributed by atoms with Gasteiger partial charge in [-0.25, -0.2) is 8.42 Å². The summed E-state index contributed by atoms with van der Waals surface area (Å²) in [4.78, 5) is 12.6. The van der Waals surface area contributed by atoms with Crippen molar-refractivity contribution in [3.63, 3.8) is 0 Å². The Hall–Kier alpha value is -2.62. The summed E-state index contributed by atoms with van der Waals surface area (Å²) in [7, 11) is -3.53. The SMILES string of the molecule is O=C(NCc1ccc(S(=O)(=O)N2CCOCC2)cc1)C1COc2ccccc2O1. The fraction of sp³-hybridized carbons (Fsp3) is 0.350. The molecule has 2 aliphatic heterocycles. The summed E-state index contributed by atoms with van der Waals surface area (Å²) < 4.78 is 43.1. The molecule has 1 fully saturated rings. The fourth-order valence-corrected chi connectivity index (χ4v) is 4.57. The maximum Gasteiger partial charge on any atom is 0.264 e. The van der Waals surface area contributed by atoms with Crippen LogP contribution >= 0.6 is 0 Å². The minimum absolute atomic E-state index is 0.138. The molecular formula is C20H22N2O6S. The maximum atomic E-state index is 12.6. The molecule has 0 radical (unpaired) electrons. The smallest absolute Gasteiger partial charge is 0.264 e. The highest BCUT2D eigenvalue weighted by Gasteiger charge is 2.28. The average molecular weight is 418 g/mol. The Morgan fingerprint density at radius 2 is 1.72 bits per heavy atom. The highest BCUT2D eigenvalue weighted by molar-refractivity contribution is 7.89. The molecule has 29 heavy (non-hydrogen) atoms. The summed E-state index contributed by atoms with van der Waals surface area (Å²) in [5.74, 6) is 0.870. The summed E-state index contributed by atoms with van der Waals surface area (Å²) in [5.41, 5.74) is 0.788. The van der Waals surface area contributed by atoms with E-state index in [2.05, 4.69) is 5.32 Å². The number of ether oxygens (including phenoxy) is 3. The number of fused-ring (bicyclic) bond motifs is 1. The van der Waals surface area contributed by atoms with Crippen molar-refractivity contribution < 1.29 is 27.4 Å². The van der Waals surface area contributed by atoms with Gasteiger partial charge in [-0.05, 0) is 29.8 Å². The standard InChI is InChI=1S/C20H22N2O6S/c23-20(19-14-27-17-3-1-2-4-18(17)28-19)21-13-15-5-7-16(8-6-15)29(24,25)22-9-11-26-12-10-22/h1-8,19H,9-14H2,(H,21,23). The van der Waals surface area contributed by atoms with Gasteiger partial charge in [0.25, 0.3) is 5.91 Å². The molecule has 9 heteroatoms. The summed E-state index contributed by atoms with van der Waals surface area (Å²) >= 11 is 0. The van der Waals surface area contributed by atoms with Crippen molar-refractivity contribution in [3.8, 4) is 11.5 Å². The number of hydrogen-bond donors (Lipinski definition) is 1. The van der Waals surface area contributed by atoms with Crippen LogP contribution in [0.4, 0.5) is 0 Å². The zero-order chi connectivity index (χ0) is 20.3. The van der Waals surface area contributed by atoms with E-state index in [1.807, 2.05) is 12.1 Å². The van der Waals surface area contributed by atoms with Crippen molar-refractivity contribution in [3.05, 3.63) is 54.1 Å². The third-order valence-electron chi connectivity index (χ3n) is 4.80. The van der Waals surface area contributed by atoms with Gasteiger partial charge in [-0.3, -0.25) is 4.79 Å². The first kappa shape index (κ1) is 19.7. The van der Waals surface area contributed by atoms with Crippen molar-refractivity contribution >= 4 is 15.9 Å². The van der Waals surface area contributed by atoms with E-state index >= 15 is 0 Å². The lowest BCUT2D eigenvalue weighted by Crippen LogP contribution is -2.43. The van der Waals surface area contributed by atoms with Crippen molar-refractivity contribution in [2.45, 2.75) is 17.5 Å². The number of para-hydroxylation sites is 2. The second kappa shape index (κ2) is 8.40. The number of hydrogen-bond acceptors (Lipinski definition) is 6. The van der Waals surface area contributed by atoms with Gasteiger partial charge in [0, 0.05) is 19.6 Å². The Morgan fingerprint density at radius 3 is 2.45 bits per heavy atom. The van der Waals surface area contributed by atoms with Crippen LogP contribution in [-0.4, -0.2) is 57.6 Å². The highest BCUT2D eigenvalue weighted by atomic mass is 32.2. The van der Waals surface area contributed by atoms with Gasteiger partial charge in [-0.15, -0.1) is 0 Å². The molecular weight excluding hydrogens is 396 g/mol. The lowest BCUT2D eigenvalue weighted by Gasteiger charge is -2.26. The molecule has 0 aliphatic carbocycles. The van der Waals surface area contributed by atoms with Crippen molar-refractivity contribution in [2.24, 2.45) is 0 Å². The number of morpholine rings is 1. The van der Waals surface area contributed by atoms with Crippen LogP contribution in [0.3, 0.4) is 0 Å². The molecule has 0 aromatic heterocycles. The lowest BCUT2D eigenvalue weighted by molar-refractivity contribution is -0.130. The van der Waals surface area contributed by atoms with E-state index in [4.69, 9.17) is 14.2 Å². The molecule has 0 bridgehead atoms. The molecule has 0 spiro atoms. The predicted octanol–water partition coefficient (Wildman–Crippen LogP) is 1.16. The number of carbonyl (C=O) groups excluding carboxylic acids is 1. The minimum Gasteiger partial charge on any atom is -0.485 e. The largest absolute Gasteiger partial charge is 0.485 e. The molecule has 4 rings (SSSR count). The Labute approximate surface area is 169 Å². The van der Waals surface area contributed by atoms with E-state index in [-0.39, 0.29) is 24.0 Å².